The number of halogens is 4. The van der Waals surface area contributed by atoms with Crippen LogP contribution in [0.15, 0.2) is 55.4 Å². The van der Waals surface area contributed by atoms with Crippen LogP contribution in [0, 0.1) is 18.3 Å². The van der Waals surface area contributed by atoms with Crippen molar-refractivity contribution >= 4 is 17.3 Å². The summed E-state index contributed by atoms with van der Waals surface area (Å²) in [6, 6.07) is 6.34. The van der Waals surface area contributed by atoms with Crippen LogP contribution < -0.4 is 4.68 Å². The molecule has 1 saturated carbocycles. The van der Waals surface area contributed by atoms with Crippen LogP contribution >= 0.6 is 11.6 Å². The number of rotatable bonds is 8. The first-order valence-electron chi connectivity index (χ1n) is 11.9. The Morgan fingerprint density at radius 3 is 2.64 bits per heavy atom. The maximum absolute atomic E-state index is 15.2. The number of alkyl halides is 2. The van der Waals surface area contributed by atoms with E-state index < -0.39 is 12.4 Å². The quantitative estimate of drug-likeness (QED) is 0.208. The summed E-state index contributed by atoms with van der Waals surface area (Å²) in [5.41, 5.74) is 2.22. The summed E-state index contributed by atoms with van der Waals surface area (Å²) in [6.45, 7) is 4.44. The maximum atomic E-state index is 15.2. The van der Waals surface area contributed by atoms with E-state index in [1.807, 2.05) is 0 Å². The summed E-state index contributed by atoms with van der Waals surface area (Å²) in [5.74, 6) is -0.126. The van der Waals surface area contributed by atoms with Crippen molar-refractivity contribution in [2.24, 2.45) is 5.92 Å². The molecule has 5 aromatic rings. The molecule has 1 atom stereocenters. The van der Waals surface area contributed by atoms with Crippen LogP contribution in [0.2, 0.25) is 5.02 Å². The van der Waals surface area contributed by atoms with Crippen LogP contribution in [0.5, 0.6) is 0 Å². The Labute approximate surface area is 224 Å². The summed E-state index contributed by atoms with van der Waals surface area (Å²) in [4.78, 5) is 7.98. The number of nitrogens with zero attached hydrogens (tertiary/aromatic N) is 9. The fraction of sp³-hybridized carbons (Fsp3) is 0.240. The number of tetrazole rings is 1. The van der Waals surface area contributed by atoms with Gasteiger partial charge >= 0.3 is 6.55 Å². The molecule has 1 aliphatic rings. The van der Waals surface area contributed by atoms with Gasteiger partial charge < -0.3 is 0 Å². The van der Waals surface area contributed by atoms with E-state index in [0.29, 0.717) is 33.1 Å². The topological polar surface area (TPSA) is 98.3 Å². The fourth-order valence-corrected chi connectivity index (χ4v) is 4.74. The summed E-state index contributed by atoms with van der Waals surface area (Å²) >= 11 is 6.09. The zero-order chi connectivity index (χ0) is 27.1. The minimum Gasteiger partial charge on any atom is -0.263 e. The van der Waals surface area contributed by atoms with Gasteiger partial charge in [0, 0.05) is 23.5 Å². The minimum absolute atomic E-state index is 0.00878. The van der Waals surface area contributed by atoms with Gasteiger partial charge in [-0.2, -0.15) is 19.0 Å². The van der Waals surface area contributed by atoms with Gasteiger partial charge in [0.2, 0.25) is 5.69 Å². The molecule has 0 saturated heterocycles. The number of H-pyrrole nitrogens is 1. The van der Waals surface area contributed by atoms with Crippen molar-refractivity contribution < 1.29 is 17.9 Å². The minimum atomic E-state index is -2.90. The van der Waals surface area contributed by atoms with Crippen LogP contribution in [-0.2, 0) is 0 Å². The van der Waals surface area contributed by atoms with Crippen molar-refractivity contribution in [2.75, 3.05) is 0 Å². The number of aromatic amines is 1. The molecule has 6 rings (SSSR count). The third-order valence-electron chi connectivity index (χ3n) is 6.66. The molecular weight excluding hydrogens is 533 g/mol. The Morgan fingerprint density at radius 1 is 1.13 bits per heavy atom. The molecular formula is C25H19ClF3N10+. The molecule has 39 heavy (non-hydrogen) atoms. The molecule has 0 bridgehead atoms. The lowest BCUT2D eigenvalue weighted by Crippen LogP contribution is -2.33. The van der Waals surface area contributed by atoms with Gasteiger partial charge in [-0.1, -0.05) is 35.7 Å². The van der Waals surface area contributed by atoms with E-state index >= 15 is 4.39 Å². The van der Waals surface area contributed by atoms with Crippen molar-refractivity contribution in [2.45, 2.75) is 31.9 Å². The largest absolute Gasteiger partial charge is 0.332 e. The van der Waals surface area contributed by atoms with Gasteiger partial charge in [-0.05, 0) is 30.5 Å². The average Bonchev–Trinajstić information content (AvgIpc) is 3.33. The van der Waals surface area contributed by atoms with E-state index in [1.165, 1.54) is 23.3 Å². The summed E-state index contributed by atoms with van der Waals surface area (Å²) in [5, 5.41) is 18.2. The molecule has 4 heterocycles. The van der Waals surface area contributed by atoms with Crippen molar-refractivity contribution in [3.63, 3.8) is 0 Å². The number of hydrogen-bond acceptors (Lipinski definition) is 5. The molecule has 0 amide bonds. The number of benzene rings is 1. The molecule has 1 N–H and O–H groups in total. The molecule has 4 aromatic heterocycles. The van der Waals surface area contributed by atoms with E-state index in [0.717, 1.165) is 25.5 Å². The number of hydrogen-bond donors (Lipinski definition) is 1. The van der Waals surface area contributed by atoms with Gasteiger partial charge in [0.1, 0.15) is 10.8 Å². The van der Waals surface area contributed by atoms with Gasteiger partial charge in [-0.15, -0.1) is 4.68 Å². The van der Waals surface area contributed by atoms with Crippen LogP contribution in [0.3, 0.4) is 0 Å². The predicted molar refractivity (Wildman–Crippen MR) is 133 cm³/mol. The van der Waals surface area contributed by atoms with E-state index in [4.69, 9.17) is 18.2 Å². The zero-order valence-electron chi connectivity index (χ0n) is 20.1. The maximum Gasteiger partial charge on any atom is 0.332 e. The third kappa shape index (κ3) is 4.63. The Bertz CT molecular complexity index is 1670. The summed E-state index contributed by atoms with van der Waals surface area (Å²) < 4.78 is 45.9. The highest BCUT2D eigenvalue weighted by Crippen LogP contribution is 2.40. The van der Waals surface area contributed by atoms with Crippen LogP contribution in [0.1, 0.15) is 37.5 Å². The second kappa shape index (κ2) is 9.95. The summed E-state index contributed by atoms with van der Waals surface area (Å²) in [7, 11) is 0. The first kappa shape index (κ1) is 24.7. The molecule has 196 valence electrons. The standard InChI is InChI=1S/C25H18ClF3N10/c1-30-19-11-34-39(25(28)29)24(19)16-10-33-37(12-16)21(8-14-2-3-14)18-6-4-15(9-31-18)22-20(38-13-32-35-36-38)7-5-17(26)23(22)27/h4-7,9-14,21,25H,2-3,8H2/p+1/t21-/m0/s1. The SMILES string of the molecule is [C-]#[N+]c1cnn(C(F)F)c1-c1cnn([C@@H](CC2CC2)c2ccc(-c3c(-[n+]4cnn[nH]4)ccc(Cl)c3F)cn2)c1. The second-order valence-corrected chi connectivity index (χ2v) is 9.55. The fourth-order valence-electron chi connectivity index (χ4n) is 4.59. The number of pyridine rings is 1. The van der Waals surface area contributed by atoms with Crippen LogP contribution in [0.4, 0.5) is 18.9 Å². The van der Waals surface area contributed by atoms with Crippen molar-refractivity contribution in [3.8, 4) is 28.1 Å². The molecule has 0 unspecified atom stereocenters. The molecule has 0 radical (unpaired) electrons. The molecule has 0 aliphatic heterocycles. The van der Waals surface area contributed by atoms with E-state index in [1.54, 1.807) is 35.3 Å². The molecule has 10 nitrogen and oxygen atoms in total. The highest BCUT2D eigenvalue weighted by molar-refractivity contribution is 6.31. The van der Waals surface area contributed by atoms with Crippen LogP contribution in [-0.4, -0.2) is 40.1 Å². The Hall–Kier alpha value is -4.57. The highest BCUT2D eigenvalue weighted by Gasteiger charge is 2.30. The number of aromatic nitrogens is 9. The smallest absolute Gasteiger partial charge is 0.263 e. The lowest BCUT2D eigenvalue weighted by atomic mass is 10.0. The van der Waals surface area contributed by atoms with E-state index in [-0.39, 0.29) is 28.0 Å². The van der Waals surface area contributed by atoms with Crippen molar-refractivity contribution in [1.29, 1.82) is 0 Å². The predicted octanol–water partition coefficient (Wildman–Crippen LogP) is 5.33. The van der Waals surface area contributed by atoms with Gasteiger partial charge in [0.05, 0.1) is 47.0 Å². The van der Waals surface area contributed by atoms with Crippen molar-refractivity contribution in [1.82, 2.24) is 40.1 Å². The van der Waals surface area contributed by atoms with Crippen LogP contribution in [0.25, 0.3) is 32.9 Å². The lowest BCUT2D eigenvalue weighted by molar-refractivity contribution is -0.659. The Morgan fingerprint density at radius 2 is 1.97 bits per heavy atom. The summed E-state index contributed by atoms with van der Waals surface area (Å²) in [6.07, 6.45) is 10.1. The van der Waals surface area contributed by atoms with Gasteiger partial charge in [0.15, 0.2) is 11.0 Å². The third-order valence-corrected chi connectivity index (χ3v) is 6.95. The monoisotopic (exact) mass is 551 g/mol. The number of nitrogens with one attached hydrogen (secondary N) is 1. The van der Waals surface area contributed by atoms with Crippen molar-refractivity contribution in [3.05, 3.63) is 83.3 Å². The molecule has 1 aromatic carbocycles. The van der Waals surface area contributed by atoms with Gasteiger partial charge in [-0.25, -0.2) is 13.9 Å². The molecule has 14 heteroatoms. The Balaban J connectivity index is 1.37. The Kier molecular flexibility index (Phi) is 6.32. The first-order valence-corrected chi connectivity index (χ1v) is 12.3. The first-order chi connectivity index (χ1) is 18.9. The second-order valence-electron chi connectivity index (χ2n) is 9.14. The highest BCUT2D eigenvalue weighted by atomic mass is 35.5. The average molecular weight is 552 g/mol. The molecule has 0 spiro atoms. The van der Waals surface area contributed by atoms with E-state index in [2.05, 4.69) is 35.6 Å². The van der Waals surface area contributed by atoms with E-state index in [9.17, 15) is 8.78 Å². The normalized spacial score (nSPS) is 14.1. The lowest BCUT2D eigenvalue weighted by Gasteiger charge is -2.18. The molecule has 1 fully saturated rings. The van der Waals surface area contributed by atoms with Gasteiger partial charge in [-0.3, -0.25) is 9.67 Å². The zero-order valence-corrected chi connectivity index (χ0v) is 20.8. The molecule has 1 aliphatic carbocycles. The van der Waals surface area contributed by atoms with Gasteiger partial charge in [0.25, 0.3) is 6.33 Å².